The zero-order valence-electron chi connectivity index (χ0n) is 14.0. The van der Waals surface area contributed by atoms with Crippen LogP contribution in [0.15, 0.2) is 84.3 Å². The molecular weight excluding hydrogens is 356 g/mol. The molecule has 0 spiro atoms. The maximum Gasteiger partial charge on any atom is 0.387 e. The fraction of sp³-hybridized carbons (Fsp3) is 0.190. The quantitative estimate of drug-likeness (QED) is 0.613. The Bertz CT molecular complexity index is 814. The number of hydrogen-bond acceptors (Lipinski definition) is 2. The van der Waals surface area contributed by atoms with E-state index < -0.39 is 6.61 Å². The second kappa shape index (κ2) is 8.77. The van der Waals surface area contributed by atoms with Gasteiger partial charge >= 0.3 is 6.61 Å². The summed E-state index contributed by atoms with van der Waals surface area (Å²) in [6, 6.07) is 13.7. The highest BCUT2D eigenvalue weighted by atomic mass is 35.5. The summed E-state index contributed by atoms with van der Waals surface area (Å²) in [7, 11) is 0. The van der Waals surface area contributed by atoms with Gasteiger partial charge in [-0.3, -0.25) is 4.98 Å². The number of rotatable bonds is 6. The van der Waals surface area contributed by atoms with Crippen molar-refractivity contribution < 1.29 is 13.5 Å². The van der Waals surface area contributed by atoms with E-state index in [4.69, 9.17) is 11.6 Å². The predicted molar refractivity (Wildman–Crippen MR) is 99.1 cm³/mol. The number of aromatic nitrogens is 1. The zero-order chi connectivity index (χ0) is 18.4. The number of hydrogen-bond donors (Lipinski definition) is 0. The van der Waals surface area contributed by atoms with Crippen LogP contribution in [0, 0.1) is 0 Å². The molecule has 0 radical (unpaired) electrons. The molecule has 3 rings (SSSR count). The number of nitrogens with zero attached hydrogens (tertiary/aromatic N) is 1. The third-order valence-electron chi connectivity index (χ3n) is 4.10. The van der Waals surface area contributed by atoms with Crippen molar-refractivity contribution in [2.75, 3.05) is 0 Å². The number of benzene rings is 1. The van der Waals surface area contributed by atoms with Crippen LogP contribution in [0.2, 0.25) is 5.02 Å². The first-order valence-corrected chi connectivity index (χ1v) is 8.68. The largest absolute Gasteiger partial charge is 0.435 e. The Kier molecular flexibility index (Phi) is 6.18. The molecule has 0 bridgehead atoms. The Morgan fingerprint density at radius 1 is 1.12 bits per heavy atom. The lowest BCUT2D eigenvalue weighted by atomic mass is 9.87. The summed E-state index contributed by atoms with van der Waals surface area (Å²) in [5.74, 6) is 0.0571. The van der Waals surface area contributed by atoms with Crippen molar-refractivity contribution in [3.63, 3.8) is 0 Å². The van der Waals surface area contributed by atoms with Crippen LogP contribution in [-0.4, -0.2) is 11.6 Å². The second-order valence-corrected chi connectivity index (χ2v) is 6.35. The maximum absolute atomic E-state index is 12.7. The molecule has 1 aliphatic rings. The van der Waals surface area contributed by atoms with Crippen molar-refractivity contribution in [3.05, 3.63) is 101 Å². The average Bonchev–Trinajstić information content (AvgIpc) is 2.86. The average molecular weight is 374 g/mol. The van der Waals surface area contributed by atoms with E-state index in [-0.39, 0.29) is 11.7 Å². The summed E-state index contributed by atoms with van der Waals surface area (Å²) < 4.78 is 29.9. The number of ether oxygens (including phenoxy) is 1. The third-order valence-corrected chi connectivity index (χ3v) is 4.32. The SMILES string of the molecule is FC(F)OC1=CC([C@@H](Cc2ccccc2)c2ccc(Cl)cn2)=CCC=C1. The second-order valence-electron chi connectivity index (χ2n) is 5.91. The summed E-state index contributed by atoms with van der Waals surface area (Å²) in [5, 5.41) is 0.556. The van der Waals surface area contributed by atoms with Crippen LogP contribution in [-0.2, 0) is 11.2 Å². The van der Waals surface area contributed by atoms with Gasteiger partial charge in [-0.15, -0.1) is 0 Å². The number of halogens is 3. The van der Waals surface area contributed by atoms with Gasteiger partial charge in [0.1, 0.15) is 5.76 Å². The van der Waals surface area contributed by atoms with Gasteiger partial charge in [-0.05, 0) is 48.3 Å². The summed E-state index contributed by atoms with van der Waals surface area (Å²) in [6.45, 7) is -2.86. The van der Waals surface area contributed by atoms with Crippen LogP contribution in [0.4, 0.5) is 8.78 Å². The highest BCUT2D eigenvalue weighted by Gasteiger charge is 2.20. The van der Waals surface area contributed by atoms with Gasteiger partial charge in [-0.25, -0.2) is 0 Å². The van der Waals surface area contributed by atoms with E-state index in [1.165, 1.54) is 0 Å². The molecule has 0 unspecified atom stereocenters. The van der Waals surface area contributed by atoms with E-state index in [9.17, 15) is 8.78 Å². The molecule has 5 heteroatoms. The van der Waals surface area contributed by atoms with Crippen LogP contribution in [0.1, 0.15) is 23.6 Å². The van der Waals surface area contributed by atoms with Crippen molar-refractivity contribution in [1.82, 2.24) is 4.98 Å². The summed E-state index contributed by atoms with van der Waals surface area (Å²) >= 11 is 5.97. The van der Waals surface area contributed by atoms with Gasteiger partial charge in [0.25, 0.3) is 0 Å². The van der Waals surface area contributed by atoms with Gasteiger partial charge in [0.15, 0.2) is 0 Å². The van der Waals surface area contributed by atoms with Crippen molar-refractivity contribution >= 4 is 11.6 Å². The fourth-order valence-electron chi connectivity index (χ4n) is 2.92. The van der Waals surface area contributed by atoms with E-state index in [0.29, 0.717) is 17.9 Å². The molecule has 1 atom stereocenters. The van der Waals surface area contributed by atoms with Crippen molar-refractivity contribution in [3.8, 4) is 0 Å². The first kappa shape index (κ1) is 18.3. The minimum absolute atomic E-state index is 0.0918. The molecule has 1 heterocycles. The van der Waals surface area contributed by atoms with Crippen LogP contribution in [0.5, 0.6) is 0 Å². The highest BCUT2D eigenvalue weighted by molar-refractivity contribution is 6.30. The van der Waals surface area contributed by atoms with Gasteiger partial charge in [0.05, 0.1) is 5.02 Å². The smallest absolute Gasteiger partial charge is 0.387 e. The fourth-order valence-corrected chi connectivity index (χ4v) is 3.03. The lowest BCUT2D eigenvalue weighted by Gasteiger charge is -2.19. The zero-order valence-corrected chi connectivity index (χ0v) is 14.7. The van der Waals surface area contributed by atoms with Gasteiger partial charge in [-0.1, -0.05) is 54.1 Å². The molecule has 2 aromatic rings. The highest BCUT2D eigenvalue weighted by Crippen LogP contribution is 2.31. The van der Waals surface area contributed by atoms with Gasteiger partial charge in [0, 0.05) is 17.8 Å². The molecule has 0 fully saturated rings. The van der Waals surface area contributed by atoms with Gasteiger partial charge in [0.2, 0.25) is 0 Å². The summed E-state index contributed by atoms with van der Waals surface area (Å²) in [4.78, 5) is 4.46. The predicted octanol–water partition coefficient (Wildman–Crippen LogP) is 6.07. The van der Waals surface area contributed by atoms with Crippen LogP contribution < -0.4 is 0 Å². The molecule has 0 N–H and O–H groups in total. The first-order chi connectivity index (χ1) is 12.6. The van der Waals surface area contributed by atoms with E-state index in [1.807, 2.05) is 42.5 Å². The van der Waals surface area contributed by atoms with Crippen molar-refractivity contribution in [1.29, 1.82) is 0 Å². The normalized spacial score (nSPS) is 15.2. The molecule has 134 valence electrons. The number of pyridine rings is 1. The van der Waals surface area contributed by atoms with Crippen molar-refractivity contribution in [2.24, 2.45) is 0 Å². The Labute approximate surface area is 156 Å². The van der Waals surface area contributed by atoms with Crippen LogP contribution in [0.25, 0.3) is 0 Å². The third kappa shape index (κ3) is 5.02. The molecule has 1 aromatic carbocycles. The molecule has 0 saturated carbocycles. The Morgan fingerprint density at radius 3 is 2.62 bits per heavy atom. The van der Waals surface area contributed by atoms with Crippen LogP contribution >= 0.6 is 11.6 Å². The number of allylic oxidation sites excluding steroid dienone is 5. The summed E-state index contributed by atoms with van der Waals surface area (Å²) in [6.07, 6.45) is 9.99. The maximum atomic E-state index is 12.7. The Morgan fingerprint density at radius 2 is 1.92 bits per heavy atom. The molecule has 1 aliphatic carbocycles. The van der Waals surface area contributed by atoms with E-state index in [0.717, 1.165) is 16.8 Å². The van der Waals surface area contributed by atoms with E-state index >= 15 is 0 Å². The standard InChI is InChI=1S/C21H18ClF2NO/c22-17-10-11-20(25-14-17)19(12-15-6-2-1-3-7-15)16-8-4-5-9-18(13-16)26-21(23)24/h1-3,5-11,13-14,19,21H,4,12H2/t19-/m1/s1. The molecule has 0 aliphatic heterocycles. The summed E-state index contributed by atoms with van der Waals surface area (Å²) in [5.41, 5.74) is 2.86. The molecule has 1 aromatic heterocycles. The minimum atomic E-state index is -2.86. The van der Waals surface area contributed by atoms with Crippen LogP contribution in [0.3, 0.4) is 0 Å². The Hall–Kier alpha value is -2.46. The first-order valence-electron chi connectivity index (χ1n) is 8.30. The molecule has 0 amide bonds. The topological polar surface area (TPSA) is 22.1 Å². The monoisotopic (exact) mass is 373 g/mol. The minimum Gasteiger partial charge on any atom is -0.435 e. The molecular formula is C21H18ClF2NO. The molecule has 2 nitrogen and oxygen atoms in total. The molecule has 0 saturated heterocycles. The van der Waals surface area contributed by atoms with E-state index in [2.05, 4.69) is 9.72 Å². The van der Waals surface area contributed by atoms with Gasteiger partial charge < -0.3 is 4.74 Å². The lowest BCUT2D eigenvalue weighted by molar-refractivity contribution is -0.0920. The number of alkyl halides is 2. The lowest BCUT2D eigenvalue weighted by Crippen LogP contribution is -2.08. The Balaban J connectivity index is 1.96. The molecule has 26 heavy (non-hydrogen) atoms. The van der Waals surface area contributed by atoms with Gasteiger partial charge in [-0.2, -0.15) is 8.78 Å². The van der Waals surface area contributed by atoms with Crippen molar-refractivity contribution in [2.45, 2.75) is 25.4 Å². The van der Waals surface area contributed by atoms with E-state index in [1.54, 1.807) is 30.5 Å².